The fraction of sp³-hybridized carbons (Fsp3) is 0.125. The second kappa shape index (κ2) is 9.48. The summed E-state index contributed by atoms with van der Waals surface area (Å²) in [6.45, 7) is 1.99. The lowest BCUT2D eigenvalue weighted by molar-refractivity contribution is 0.0974. The van der Waals surface area contributed by atoms with Crippen LogP contribution in [0.4, 0.5) is 5.69 Å². The monoisotopic (exact) mass is 481 g/mol. The number of benzene rings is 3. The number of anilines is 1. The van der Waals surface area contributed by atoms with Crippen LogP contribution in [-0.4, -0.2) is 30.2 Å². The van der Waals surface area contributed by atoms with Gasteiger partial charge in [-0.2, -0.15) is 0 Å². The third kappa shape index (κ3) is 4.92. The van der Waals surface area contributed by atoms with Crippen molar-refractivity contribution in [2.24, 2.45) is 0 Å². The molecule has 0 aliphatic heterocycles. The van der Waals surface area contributed by atoms with E-state index in [1.165, 1.54) is 14.2 Å². The van der Waals surface area contributed by atoms with Crippen LogP contribution in [0, 0.1) is 6.92 Å². The van der Waals surface area contributed by atoms with Gasteiger partial charge in [0.05, 0.1) is 30.5 Å². The summed E-state index contributed by atoms with van der Waals surface area (Å²) in [6, 6.07) is 16.0. The molecule has 0 aliphatic rings. The second-order valence-electron chi connectivity index (χ2n) is 7.16. The number of hydrogen-bond acceptors (Lipinski definition) is 6. The van der Waals surface area contributed by atoms with E-state index >= 15 is 0 Å². The van der Waals surface area contributed by atoms with E-state index in [9.17, 15) is 4.79 Å². The van der Waals surface area contributed by atoms with Crippen molar-refractivity contribution in [3.8, 4) is 23.0 Å². The SMILES string of the molecule is COc1ccc(C(=O)NC(=S)Nc2cc(-c3nc4ccc(C)cc4o3)ccc2Cl)c(OC)c1. The summed E-state index contributed by atoms with van der Waals surface area (Å²) >= 11 is 11.7. The third-order valence-electron chi connectivity index (χ3n) is 4.89. The summed E-state index contributed by atoms with van der Waals surface area (Å²) in [4.78, 5) is 17.2. The average Bonchev–Trinajstić information content (AvgIpc) is 3.23. The Balaban J connectivity index is 1.53. The van der Waals surface area contributed by atoms with E-state index in [1.54, 1.807) is 36.4 Å². The van der Waals surface area contributed by atoms with Crippen molar-refractivity contribution in [1.82, 2.24) is 10.3 Å². The van der Waals surface area contributed by atoms with Crippen LogP contribution in [0.3, 0.4) is 0 Å². The molecule has 33 heavy (non-hydrogen) atoms. The van der Waals surface area contributed by atoms with Gasteiger partial charge in [0.2, 0.25) is 5.89 Å². The van der Waals surface area contributed by atoms with Gasteiger partial charge in [-0.25, -0.2) is 4.98 Å². The number of amides is 1. The number of ether oxygens (including phenoxy) is 2. The molecule has 168 valence electrons. The predicted octanol–water partition coefficient (Wildman–Crippen LogP) is 5.60. The van der Waals surface area contributed by atoms with Crippen LogP contribution < -0.4 is 20.1 Å². The molecular formula is C24H20ClN3O4S. The number of oxazole rings is 1. The number of hydrogen-bond donors (Lipinski definition) is 2. The first kappa shape index (κ1) is 22.6. The smallest absolute Gasteiger partial charge is 0.261 e. The topological polar surface area (TPSA) is 85.6 Å². The molecule has 0 unspecified atom stereocenters. The molecule has 0 saturated heterocycles. The molecule has 9 heteroatoms. The molecular weight excluding hydrogens is 462 g/mol. The van der Waals surface area contributed by atoms with Crippen molar-refractivity contribution in [3.05, 3.63) is 70.7 Å². The highest BCUT2D eigenvalue weighted by Crippen LogP contribution is 2.31. The third-order valence-corrected chi connectivity index (χ3v) is 5.42. The number of aryl methyl sites for hydroxylation is 1. The van der Waals surface area contributed by atoms with Gasteiger partial charge < -0.3 is 19.2 Å². The zero-order valence-corrected chi connectivity index (χ0v) is 19.6. The maximum atomic E-state index is 12.7. The van der Waals surface area contributed by atoms with E-state index in [4.69, 9.17) is 37.7 Å². The van der Waals surface area contributed by atoms with Crippen LogP contribution in [0.2, 0.25) is 5.02 Å². The Morgan fingerprint density at radius 1 is 1.06 bits per heavy atom. The second-order valence-corrected chi connectivity index (χ2v) is 7.97. The minimum Gasteiger partial charge on any atom is -0.497 e. The fourth-order valence-electron chi connectivity index (χ4n) is 3.22. The van der Waals surface area contributed by atoms with Gasteiger partial charge in [0.15, 0.2) is 10.7 Å². The fourth-order valence-corrected chi connectivity index (χ4v) is 3.59. The highest BCUT2D eigenvalue weighted by Gasteiger charge is 2.16. The molecule has 7 nitrogen and oxygen atoms in total. The number of thiocarbonyl (C=S) groups is 1. The number of rotatable bonds is 5. The highest BCUT2D eigenvalue weighted by molar-refractivity contribution is 7.80. The van der Waals surface area contributed by atoms with Crippen molar-refractivity contribution in [2.75, 3.05) is 19.5 Å². The number of aromatic nitrogens is 1. The summed E-state index contributed by atoms with van der Waals surface area (Å²) in [7, 11) is 3.01. The van der Waals surface area contributed by atoms with Gasteiger partial charge in [0, 0.05) is 11.6 Å². The van der Waals surface area contributed by atoms with E-state index in [0.29, 0.717) is 44.8 Å². The Morgan fingerprint density at radius 2 is 1.88 bits per heavy atom. The molecule has 0 spiro atoms. The zero-order chi connectivity index (χ0) is 23.5. The van der Waals surface area contributed by atoms with Gasteiger partial charge in [-0.15, -0.1) is 0 Å². The summed E-state index contributed by atoms with van der Waals surface area (Å²) < 4.78 is 16.3. The van der Waals surface area contributed by atoms with E-state index in [0.717, 1.165) is 11.1 Å². The van der Waals surface area contributed by atoms with Crippen molar-refractivity contribution in [3.63, 3.8) is 0 Å². The molecule has 4 rings (SSSR count). The van der Waals surface area contributed by atoms with E-state index in [-0.39, 0.29) is 5.11 Å². The summed E-state index contributed by atoms with van der Waals surface area (Å²) in [5.74, 6) is 0.949. The molecule has 0 fully saturated rings. The van der Waals surface area contributed by atoms with Crippen molar-refractivity contribution in [1.29, 1.82) is 0 Å². The van der Waals surface area contributed by atoms with Gasteiger partial charge in [-0.05, 0) is 67.2 Å². The average molecular weight is 482 g/mol. The molecule has 3 aromatic carbocycles. The molecule has 4 aromatic rings. The zero-order valence-electron chi connectivity index (χ0n) is 18.1. The molecule has 0 bridgehead atoms. The molecule has 1 heterocycles. The Morgan fingerprint density at radius 3 is 2.64 bits per heavy atom. The first-order valence-electron chi connectivity index (χ1n) is 9.89. The molecule has 1 aromatic heterocycles. The summed E-state index contributed by atoms with van der Waals surface area (Å²) in [6.07, 6.45) is 0. The van der Waals surface area contributed by atoms with Gasteiger partial charge in [0.25, 0.3) is 5.91 Å². The maximum Gasteiger partial charge on any atom is 0.261 e. The van der Waals surface area contributed by atoms with Crippen LogP contribution in [0.25, 0.3) is 22.6 Å². The van der Waals surface area contributed by atoms with Crippen LogP contribution >= 0.6 is 23.8 Å². The number of methoxy groups -OCH3 is 2. The van der Waals surface area contributed by atoms with Gasteiger partial charge >= 0.3 is 0 Å². The number of nitrogens with zero attached hydrogens (tertiary/aromatic N) is 1. The minimum atomic E-state index is -0.436. The van der Waals surface area contributed by atoms with Crippen LogP contribution in [0.15, 0.2) is 59.0 Å². The molecule has 0 radical (unpaired) electrons. The standard InChI is InChI=1S/C24H20ClN3O4S/c1-13-4-9-18-21(10-13)32-23(26-18)14-5-8-17(25)19(11-14)27-24(33)28-22(29)16-7-6-15(30-2)12-20(16)31-3/h4-12H,1-3H3,(H2,27,28,29,33). The maximum absolute atomic E-state index is 12.7. The highest BCUT2D eigenvalue weighted by atomic mass is 35.5. The van der Waals surface area contributed by atoms with Crippen molar-refractivity contribution in [2.45, 2.75) is 6.92 Å². The molecule has 0 aliphatic carbocycles. The van der Waals surface area contributed by atoms with Crippen LogP contribution in [0.1, 0.15) is 15.9 Å². The van der Waals surface area contributed by atoms with Crippen molar-refractivity contribution < 1.29 is 18.7 Å². The lowest BCUT2D eigenvalue weighted by atomic mass is 10.1. The summed E-state index contributed by atoms with van der Waals surface area (Å²) in [5.41, 5.74) is 4.06. The number of halogens is 1. The predicted molar refractivity (Wildman–Crippen MR) is 132 cm³/mol. The van der Waals surface area contributed by atoms with Crippen LogP contribution in [-0.2, 0) is 0 Å². The van der Waals surface area contributed by atoms with Gasteiger partial charge in [0.1, 0.15) is 17.0 Å². The summed E-state index contributed by atoms with van der Waals surface area (Å²) in [5, 5.41) is 6.09. The molecule has 2 N–H and O–H groups in total. The molecule has 0 atom stereocenters. The first-order valence-corrected chi connectivity index (χ1v) is 10.7. The number of fused-ring (bicyclic) bond motifs is 1. The van der Waals surface area contributed by atoms with E-state index in [2.05, 4.69) is 15.6 Å². The Labute approximate surface area is 200 Å². The van der Waals surface area contributed by atoms with Gasteiger partial charge in [-0.3, -0.25) is 10.1 Å². The van der Waals surface area contributed by atoms with Crippen LogP contribution in [0.5, 0.6) is 11.5 Å². The number of carbonyl (C=O) groups excluding carboxylic acids is 1. The van der Waals surface area contributed by atoms with E-state index < -0.39 is 5.91 Å². The van der Waals surface area contributed by atoms with Gasteiger partial charge in [-0.1, -0.05) is 17.7 Å². The minimum absolute atomic E-state index is 0.0742. The van der Waals surface area contributed by atoms with E-state index in [1.807, 2.05) is 25.1 Å². The Kier molecular flexibility index (Phi) is 6.48. The molecule has 1 amide bonds. The molecule has 0 saturated carbocycles. The first-order chi connectivity index (χ1) is 15.9. The lowest BCUT2D eigenvalue weighted by Gasteiger charge is -2.13. The largest absolute Gasteiger partial charge is 0.497 e. The Hall–Kier alpha value is -3.62. The Bertz CT molecular complexity index is 1370. The lowest BCUT2D eigenvalue weighted by Crippen LogP contribution is -2.34. The van der Waals surface area contributed by atoms with Crippen molar-refractivity contribution >= 4 is 51.6 Å². The quantitative estimate of drug-likeness (QED) is 0.359. The number of carbonyl (C=O) groups is 1. The normalized spacial score (nSPS) is 10.7. The number of nitrogens with one attached hydrogen (secondary N) is 2.